The Balaban J connectivity index is 1.70. The van der Waals surface area contributed by atoms with Crippen molar-refractivity contribution in [3.63, 3.8) is 0 Å². The summed E-state index contributed by atoms with van der Waals surface area (Å²) in [6.45, 7) is 5.20. The Morgan fingerprint density at radius 2 is 1.92 bits per heavy atom. The Bertz CT molecular complexity index is 660. The average molecular weight is 327 g/mol. The van der Waals surface area contributed by atoms with Gasteiger partial charge in [-0.3, -0.25) is 4.90 Å². The molecule has 24 heavy (non-hydrogen) atoms. The number of ether oxygens (including phenoxy) is 2. The minimum absolute atomic E-state index is 0.523. The van der Waals surface area contributed by atoms with Crippen molar-refractivity contribution in [2.24, 2.45) is 5.92 Å². The summed E-state index contributed by atoms with van der Waals surface area (Å²) in [7, 11) is 3.34. The molecule has 0 radical (unpaired) electrons. The highest BCUT2D eigenvalue weighted by Crippen LogP contribution is 2.33. The fraction of sp³-hybridized carbons (Fsp3) is 0.474. The first-order chi connectivity index (χ1) is 11.7. The van der Waals surface area contributed by atoms with Gasteiger partial charge in [-0.15, -0.1) is 0 Å². The monoisotopic (exact) mass is 327 g/mol. The number of benzene rings is 1. The summed E-state index contributed by atoms with van der Waals surface area (Å²) in [5.41, 5.74) is 1.37. The second-order valence-corrected chi connectivity index (χ2v) is 6.40. The summed E-state index contributed by atoms with van der Waals surface area (Å²) in [4.78, 5) is 11.2. The first-order valence-electron chi connectivity index (χ1n) is 8.42. The van der Waals surface area contributed by atoms with Crippen molar-refractivity contribution >= 4 is 0 Å². The number of piperidine rings is 1. The minimum Gasteiger partial charge on any atom is -0.497 e. The maximum atomic E-state index is 5.27. The van der Waals surface area contributed by atoms with Gasteiger partial charge in [0.15, 0.2) is 0 Å². The molecule has 1 saturated heterocycles. The van der Waals surface area contributed by atoms with Crippen LogP contribution in [0.3, 0.4) is 0 Å². The molecule has 128 valence electrons. The zero-order valence-electron chi connectivity index (χ0n) is 14.6. The molecule has 1 fully saturated rings. The zero-order valence-corrected chi connectivity index (χ0v) is 14.6. The molecular weight excluding hydrogens is 302 g/mol. The standard InChI is InChI=1S/C19H25N3O2/c1-14-9-11-22(13-18-20-10-8-19(21-18)24-3)12-17(14)15-4-6-16(23-2)7-5-15/h4-8,10,14,17H,9,11-13H2,1-3H3. The van der Waals surface area contributed by atoms with Gasteiger partial charge >= 0.3 is 0 Å². The van der Waals surface area contributed by atoms with Crippen LogP contribution < -0.4 is 9.47 Å². The van der Waals surface area contributed by atoms with Crippen LogP contribution in [0.4, 0.5) is 0 Å². The van der Waals surface area contributed by atoms with E-state index in [1.165, 1.54) is 12.0 Å². The maximum absolute atomic E-state index is 5.27. The fourth-order valence-electron chi connectivity index (χ4n) is 3.34. The van der Waals surface area contributed by atoms with E-state index in [4.69, 9.17) is 9.47 Å². The third-order valence-electron chi connectivity index (χ3n) is 4.84. The van der Waals surface area contributed by atoms with E-state index in [0.29, 0.717) is 17.7 Å². The highest BCUT2D eigenvalue weighted by Gasteiger charge is 2.27. The summed E-state index contributed by atoms with van der Waals surface area (Å²) in [6.07, 6.45) is 2.94. The Morgan fingerprint density at radius 3 is 2.62 bits per heavy atom. The molecule has 2 unspecified atom stereocenters. The van der Waals surface area contributed by atoms with Gasteiger partial charge in [0.1, 0.15) is 11.6 Å². The van der Waals surface area contributed by atoms with E-state index in [2.05, 4.69) is 33.9 Å². The quantitative estimate of drug-likeness (QED) is 0.844. The molecule has 5 nitrogen and oxygen atoms in total. The van der Waals surface area contributed by atoms with E-state index < -0.39 is 0 Å². The summed E-state index contributed by atoms with van der Waals surface area (Å²) in [5.74, 6) is 3.54. The van der Waals surface area contributed by atoms with Crippen LogP contribution >= 0.6 is 0 Å². The molecule has 0 saturated carbocycles. The van der Waals surface area contributed by atoms with Gasteiger partial charge in [0, 0.05) is 18.8 Å². The second kappa shape index (κ2) is 7.62. The summed E-state index contributed by atoms with van der Waals surface area (Å²) < 4.78 is 10.5. The van der Waals surface area contributed by atoms with Crippen molar-refractivity contribution in [3.8, 4) is 11.6 Å². The van der Waals surface area contributed by atoms with E-state index in [0.717, 1.165) is 31.2 Å². The van der Waals surface area contributed by atoms with Crippen LogP contribution in [0.1, 0.15) is 30.7 Å². The molecule has 1 aliphatic heterocycles. The van der Waals surface area contributed by atoms with E-state index in [1.54, 1.807) is 26.5 Å². The normalized spacial score (nSPS) is 21.5. The first kappa shape index (κ1) is 16.7. The fourth-order valence-corrected chi connectivity index (χ4v) is 3.34. The van der Waals surface area contributed by atoms with Crippen molar-refractivity contribution < 1.29 is 9.47 Å². The molecule has 2 heterocycles. The lowest BCUT2D eigenvalue weighted by Gasteiger charge is -2.37. The van der Waals surface area contributed by atoms with Gasteiger partial charge in [-0.1, -0.05) is 19.1 Å². The smallest absolute Gasteiger partial charge is 0.216 e. The Labute approximate surface area is 143 Å². The molecule has 1 aromatic carbocycles. The Morgan fingerprint density at radius 1 is 1.12 bits per heavy atom. The zero-order chi connectivity index (χ0) is 16.9. The highest BCUT2D eigenvalue weighted by molar-refractivity contribution is 5.30. The Hall–Kier alpha value is -2.14. The first-order valence-corrected chi connectivity index (χ1v) is 8.42. The van der Waals surface area contributed by atoms with E-state index in [1.807, 2.05) is 12.1 Å². The molecule has 0 amide bonds. The summed E-state index contributed by atoms with van der Waals surface area (Å²) in [5, 5.41) is 0. The third kappa shape index (κ3) is 3.85. The number of likely N-dealkylation sites (tertiary alicyclic amines) is 1. The molecule has 0 bridgehead atoms. The molecule has 5 heteroatoms. The van der Waals surface area contributed by atoms with Gasteiger partial charge in [-0.2, -0.15) is 4.98 Å². The number of hydrogen-bond acceptors (Lipinski definition) is 5. The van der Waals surface area contributed by atoms with Crippen LogP contribution in [0.15, 0.2) is 36.5 Å². The topological polar surface area (TPSA) is 47.5 Å². The molecule has 0 aliphatic carbocycles. The number of hydrogen-bond donors (Lipinski definition) is 0. The lowest BCUT2D eigenvalue weighted by molar-refractivity contribution is 0.156. The summed E-state index contributed by atoms with van der Waals surface area (Å²) in [6, 6.07) is 10.2. The molecule has 2 aromatic rings. The highest BCUT2D eigenvalue weighted by atomic mass is 16.5. The molecule has 1 aliphatic rings. The molecule has 1 aromatic heterocycles. The lowest BCUT2D eigenvalue weighted by atomic mass is 9.82. The van der Waals surface area contributed by atoms with Crippen molar-refractivity contribution in [1.29, 1.82) is 0 Å². The molecular formula is C19H25N3O2. The SMILES string of the molecule is COc1ccc(C2CN(Cc3nccc(OC)n3)CCC2C)cc1. The van der Waals surface area contributed by atoms with Gasteiger partial charge in [-0.25, -0.2) is 4.98 Å². The third-order valence-corrected chi connectivity index (χ3v) is 4.84. The number of rotatable bonds is 5. The van der Waals surface area contributed by atoms with Crippen LogP contribution in [0.25, 0.3) is 0 Å². The van der Waals surface area contributed by atoms with Gasteiger partial charge in [0.05, 0.1) is 20.8 Å². The van der Waals surface area contributed by atoms with Crippen LogP contribution in [-0.2, 0) is 6.54 Å². The molecule has 0 spiro atoms. The van der Waals surface area contributed by atoms with Gasteiger partial charge < -0.3 is 9.47 Å². The Kier molecular flexibility index (Phi) is 5.30. The van der Waals surface area contributed by atoms with Crippen LogP contribution in [-0.4, -0.2) is 42.2 Å². The van der Waals surface area contributed by atoms with E-state index in [9.17, 15) is 0 Å². The average Bonchev–Trinajstić information content (AvgIpc) is 2.63. The predicted molar refractivity (Wildman–Crippen MR) is 93.4 cm³/mol. The van der Waals surface area contributed by atoms with Crippen molar-refractivity contribution in [2.45, 2.75) is 25.8 Å². The number of aromatic nitrogens is 2. The van der Waals surface area contributed by atoms with E-state index >= 15 is 0 Å². The molecule has 3 rings (SSSR count). The van der Waals surface area contributed by atoms with Crippen LogP contribution in [0, 0.1) is 5.92 Å². The van der Waals surface area contributed by atoms with Crippen LogP contribution in [0.5, 0.6) is 11.6 Å². The summed E-state index contributed by atoms with van der Waals surface area (Å²) >= 11 is 0. The van der Waals surface area contributed by atoms with Crippen molar-refractivity contribution in [3.05, 3.63) is 47.9 Å². The van der Waals surface area contributed by atoms with Gasteiger partial charge in [0.25, 0.3) is 0 Å². The van der Waals surface area contributed by atoms with Crippen LogP contribution in [0.2, 0.25) is 0 Å². The lowest BCUT2D eigenvalue weighted by Crippen LogP contribution is -2.38. The second-order valence-electron chi connectivity index (χ2n) is 6.40. The van der Waals surface area contributed by atoms with Crippen molar-refractivity contribution in [1.82, 2.24) is 14.9 Å². The van der Waals surface area contributed by atoms with Gasteiger partial charge in [-0.05, 0) is 42.5 Å². The molecule has 0 N–H and O–H groups in total. The molecule has 2 atom stereocenters. The minimum atomic E-state index is 0.523. The largest absolute Gasteiger partial charge is 0.497 e. The number of methoxy groups -OCH3 is 2. The van der Waals surface area contributed by atoms with Crippen molar-refractivity contribution in [2.75, 3.05) is 27.3 Å². The van der Waals surface area contributed by atoms with Gasteiger partial charge in [0.2, 0.25) is 5.88 Å². The number of nitrogens with zero attached hydrogens (tertiary/aromatic N) is 3. The predicted octanol–water partition coefficient (Wildman–Crippen LogP) is 3.12. The maximum Gasteiger partial charge on any atom is 0.216 e. The van der Waals surface area contributed by atoms with E-state index in [-0.39, 0.29) is 0 Å².